The van der Waals surface area contributed by atoms with Crippen molar-refractivity contribution in [3.05, 3.63) is 60.2 Å². The van der Waals surface area contributed by atoms with Gasteiger partial charge in [0.15, 0.2) is 0 Å². The summed E-state index contributed by atoms with van der Waals surface area (Å²) in [6, 6.07) is 15.5. The Bertz CT molecular complexity index is 757. The van der Waals surface area contributed by atoms with Crippen molar-refractivity contribution in [3.63, 3.8) is 0 Å². The third-order valence-corrected chi connectivity index (χ3v) is 3.68. The Morgan fingerprint density at radius 3 is 2.19 bits per heavy atom. The number of hydrogen-bond donors (Lipinski definition) is 1. The number of amides is 2. The summed E-state index contributed by atoms with van der Waals surface area (Å²) in [5.41, 5.74) is 1.67. The number of nitrogens with zero attached hydrogens (tertiary/aromatic N) is 1. The fourth-order valence-corrected chi connectivity index (χ4v) is 2.45. The van der Waals surface area contributed by atoms with E-state index in [1.807, 2.05) is 37.3 Å². The lowest BCUT2D eigenvalue weighted by Crippen LogP contribution is -2.33. The highest BCUT2D eigenvalue weighted by molar-refractivity contribution is 6.09. The van der Waals surface area contributed by atoms with E-state index >= 15 is 0 Å². The number of rotatable bonds is 7. The number of ether oxygens (including phenoxy) is 1. The summed E-state index contributed by atoms with van der Waals surface area (Å²) < 4.78 is 4.91. The molecule has 136 valence electrons. The average molecular weight is 354 g/mol. The number of benzene rings is 2. The Balaban J connectivity index is 1.95. The maximum atomic E-state index is 12.4. The molecule has 2 amide bonds. The van der Waals surface area contributed by atoms with E-state index in [0.717, 1.165) is 5.69 Å². The highest BCUT2D eigenvalue weighted by atomic mass is 16.5. The topological polar surface area (TPSA) is 75.7 Å². The van der Waals surface area contributed by atoms with E-state index in [2.05, 4.69) is 5.32 Å². The second kappa shape index (κ2) is 9.36. The number of para-hydroxylation sites is 1. The highest BCUT2D eigenvalue weighted by Gasteiger charge is 2.17. The molecule has 0 heterocycles. The standard InChI is InChI=1S/C20H22N2O4/c1-3-22(17-8-6-5-7-9-17)19(24)14-18(23)21-16-12-10-15(11-13-16)20(25)26-4-2/h5-13H,3-4,14H2,1-2H3,(H,21,23). The van der Waals surface area contributed by atoms with Crippen molar-refractivity contribution in [1.82, 2.24) is 0 Å². The van der Waals surface area contributed by atoms with E-state index in [1.54, 1.807) is 36.1 Å². The zero-order chi connectivity index (χ0) is 18.9. The van der Waals surface area contributed by atoms with E-state index in [4.69, 9.17) is 4.74 Å². The zero-order valence-electron chi connectivity index (χ0n) is 14.9. The Morgan fingerprint density at radius 2 is 1.62 bits per heavy atom. The monoisotopic (exact) mass is 354 g/mol. The Hall–Kier alpha value is -3.15. The van der Waals surface area contributed by atoms with E-state index in [1.165, 1.54) is 0 Å². The van der Waals surface area contributed by atoms with Gasteiger partial charge >= 0.3 is 5.97 Å². The van der Waals surface area contributed by atoms with Crippen LogP contribution >= 0.6 is 0 Å². The summed E-state index contributed by atoms with van der Waals surface area (Å²) in [7, 11) is 0. The lowest BCUT2D eigenvalue weighted by molar-refractivity contribution is -0.125. The van der Waals surface area contributed by atoms with Crippen molar-refractivity contribution in [3.8, 4) is 0 Å². The molecule has 0 aliphatic rings. The van der Waals surface area contributed by atoms with Crippen molar-refractivity contribution >= 4 is 29.2 Å². The van der Waals surface area contributed by atoms with Crippen LogP contribution in [0, 0.1) is 0 Å². The lowest BCUT2D eigenvalue weighted by Gasteiger charge is -2.20. The third kappa shape index (κ3) is 5.17. The van der Waals surface area contributed by atoms with Gasteiger partial charge in [-0.3, -0.25) is 9.59 Å². The van der Waals surface area contributed by atoms with Gasteiger partial charge in [0.2, 0.25) is 11.8 Å². The minimum Gasteiger partial charge on any atom is -0.462 e. The van der Waals surface area contributed by atoms with Crippen molar-refractivity contribution in [2.75, 3.05) is 23.4 Å². The Morgan fingerprint density at radius 1 is 0.962 bits per heavy atom. The summed E-state index contributed by atoms with van der Waals surface area (Å²) in [5, 5.41) is 2.66. The zero-order valence-corrected chi connectivity index (χ0v) is 14.9. The molecule has 0 spiro atoms. The molecule has 26 heavy (non-hydrogen) atoms. The number of hydrogen-bond acceptors (Lipinski definition) is 4. The molecule has 0 atom stereocenters. The first-order valence-electron chi connectivity index (χ1n) is 8.47. The van der Waals surface area contributed by atoms with E-state index in [-0.39, 0.29) is 12.3 Å². The van der Waals surface area contributed by atoms with Gasteiger partial charge in [0.05, 0.1) is 12.2 Å². The molecule has 6 nitrogen and oxygen atoms in total. The quantitative estimate of drug-likeness (QED) is 0.612. The molecule has 0 aromatic heterocycles. The van der Waals surface area contributed by atoms with Crippen molar-refractivity contribution < 1.29 is 19.1 Å². The molecule has 2 aromatic rings. The molecule has 0 unspecified atom stereocenters. The predicted octanol–water partition coefficient (Wildman–Crippen LogP) is 3.25. The third-order valence-electron chi connectivity index (χ3n) is 3.68. The number of carbonyl (C=O) groups is 3. The maximum absolute atomic E-state index is 12.4. The summed E-state index contributed by atoms with van der Waals surface area (Å²) in [6.45, 7) is 4.37. The summed E-state index contributed by atoms with van der Waals surface area (Å²) in [6.07, 6.45) is -0.262. The molecule has 6 heteroatoms. The van der Waals surface area contributed by atoms with Crippen molar-refractivity contribution in [1.29, 1.82) is 0 Å². The molecular weight excluding hydrogens is 332 g/mol. The Kier molecular flexibility index (Phi) is 6.91. The molecule has 0 saturated carbocycles. The first kappa shape index (κ1) is 19.2. The van der Waals surface area contributed by atoms with Crippen molar-refractivity contribution in [2.45, 2.75) is 20.3 Å². The van der Waals surface area contributed by atoms with E-state index in [0.29, 0.717) is 24.4 Å². The van der Waals surface area contributed by atoms with Crippen LogP contribution in [-0.4, -0.2) is 30.9 Å². The highest BCUT2D eigenvalue weighted by Crippen LogP contribution is 2.15. The van der Waals surface area contributed by atoms with Gasteiger partial charge in [-0.1, -0.05) is 18.2 Å². The van der Waals surface area contributed by atoms with Crippen LogP contribution in [0.15, 0.2) is 54.6 Å². The summed E-state index contributed by atoms with van der Waals surface area (Å²) >= 11 is 0. The van der Waals surface area contributed by atoms with E-state index < -0.39 is 11.9 Å². The fraction of sp³-hybridized carbons (Fsp3) is 0.250. The summed E-state index contributed by atoms with van der Waals surface area (Å²) in [4.78, 5) is 37.7. The lowest BCUT2D eigenvalue weighted by atomic mass is 10.2. The van der Waals surface area contributed by atoms with Gasteiger partial charge in [-0.15, -0.1) is 0 Å². The average Bonchev–Trinajstić information content (AvgIpc) is 2.64. The van der Waals surface area contributed by atoms with Crippen LogP contribution in [-0.2, 0) is 14.3 Å². The minimum absolute atomic E-state index is 0.262. The maximum Gasteiger partial charge on any atom is 0.338 e. The van der Waals surface area contributed by atoms with Crippen LogP contribution in [0.25, 0.3) is 0 Å². The molecule has 0 radical (unpaired) electrons. The van der Waals surface area contributed by atoms with Gasteiger partial charge in [-0.2, -0.15) is 0 Å². The minimum atomic E-state index is -0.415. The molecule has 2 aromatic carbocycles. The second-order valence-corrected chi connectivity index (χ2v) is 5.50. The summed E-state index contributed by atoms with van der Waals surface area (Å²) in [5.74, 6) is -1.10. The van der Waals surface area contributed by atoms with Gasteiger partial charge in [0.25, 0.3) is 0 Å². The van der Waals surface area contributed by atoms with Gasteiger partial charge in [-0.05, 0) is 50.2 Å². The first-order valence-corrected chi connectivity index (χ1v) is 8.47. The molecule has 0 fully saturated rings. The van der Waals surface area contributed by atoms with Crippen LogP contribution < -0.4 is 10.2 Å². The van der Waals surface area contributed by atoms with E-state index in [9.17, 15) is 14.4 Å². The normalized spacial score (nSPS) is 10.1. The number of nitrogens with one attached hydrogen (secondary N) is 1. The Labute approximate surface area is 152 Å². The van der Waals surface area contributed by atoms with Crippen LogP contribution in [0.3, 0.4) is 0 Å². The van der Waals surface area contributed by atoms with Crippen LogP contribution in [0.5, 0.6) is 0 Å². The SMILES string of the molecule is CCOC(=O)c1ccc(NC(=O)CC(=O)N(CC)c2ccccc2)cc1. The molecule has 0 saturated heterocycles. The van der Waals surface area contributed by atoms with Crippen LogP contribution in [0.1, 0.15) is 30.6 Å². The number of carbonyl (C=O) groups excluding carboxylic acids is 3. The molecular formula is C20H22N2O4. The van der Waals surface area contributed by atoms with Crippen molar-refractivity contribution in [2.24, 2.45) is 0 Å². The van der Waals surface area contributed by atoms with Crippen LogP contribution in [0.2, 0.25) is 0 Å². The predicted molar refractivity (Wildman–Crippen MR) is 100 cm³/mol. The molecule has 0 aliphatic heterocycles. The first-order chi connectivity index (χ1) is 12.5. The van der Waals surface area contributed by atoms with Crippen LogP contribution in [0.4, 0.5) is 11.4 Å². The van der Waals surface area contributed by atoms with Gasteiger partial charge < -0.3 is 15.0 Å². The molecule has 2 rings (SSSR count). The molecule has 0 aliphatic carbocycles. The molecule has 0 bridgehead atoms. The fourth-order valence-electron chi connectivity index (χ4n) is 2.45. The second-order valence-electron chi connectivity index (χ2n) is 5.50. The largest absolute Gasteiger partial charge is 0.462 e. The number of esters is 1. The van der Waals surface area contributed by atoms with Gasteiger partial charge in [0, 0.05) is 17.9 Å². The van der Waals surface area contributed by atoms with Gasteiger partial charge in [-0.25, -0.2) is 4.79 Å². The van der Waals surface area contributed by atoms with Gasteiger partial charge in [0.1, 0.15) is 6.42 Å². The molecule has 1 N–H and O–H groups in total. The smallest absolute Gasteiger partial charge is 0.338 e. The number of anilines is 2.